The average Bonchev–Trinajstić information content (AvgIpc) is 2.79. The van der Waals surface area contributed by atoms with Gasteiger partial charge in [0.25, 0.3) is 0 Å². The Balaban J connectivity index is 1.87. The number of fused-ring (bicyclic) bond motifs is 1. The number of aliphatic carboxylic acids is 1. The molecule has 19 heavy (non-hydrogen) atoms. The normalized spacial score (nSPS) is 21.2. The number of H-pyrrole nitrogens is 1. The molecule has 1 saturated heterocycles. The minimum absolute atomic E-state index is 0.381. The molecule has 2 unspecified atom stereocenters. The Morgan fingerprint density at radius 1 is 1.53 bits per heavy atom. The molecule has 2 heterocycles. The van der Waals surface area contributed by atoms with Gasteiger partial charge in [-0.05, 0) is 25.0 Å². The molecule has 2 atom stereocenters. The Morgan fingerprint density at radius 2 is 2.32 bits per heavy atom. The van der Waals surface area contributed by atoms with Gasteiger partial charge in [-0.25, -0.2) is 0 Å². The Kier molecular flexibility index (Phi) is 3.03. The van der Waals surface area contributed by atoms with Crippen molar-refractivity contribution >= 4 is 16.9 Å². The molecule has 1 aromatic carbocycles. The van der Waals surface area contributed by atoms with Crippen LogP contribution >= 0.6 is 0 Å². The monoisotopic (exact) mass is 258 g/mol. The number of hydrogen-bond acceptors (Lipinski definition) is 2. The molecule has 3 rings (SSSR count). The van der Waals surface area contributed by atoms with Crippen LogP contribution in [0.5, 0.6) is 0 Å². The van der Waals surface area contributed by atoms with E-state index in [4.69, 9.17) is 0 Å². The van der Waals surface area contributed by atoms with Gasteiger partial charge in [-0.3, -0.25) is 9.69 Å². The van der Waals surface area contributed by atoms with Crippen LogP contribution in [0.25, 0.3) is 10.9 Å². The molecule has 2 aromatic rings. The van der Waals surface area contributed by atoms with Crippen molar-refractivity contribution in [2.24, 2.45) is 0 Å². The van der Waals surface area contributed by atoms with Crippen LogP contribution < -0.4 is 0 Å². The van der Waals surface area contributed by atoms with Crippen molar-refractivity contribution in [2.45, 2.75) is 31.8 Å². The summed E-state index contributed by atoms with van der Waals surface area (Å²) in [6.07, 6.45) is 3.59. The van der Waals surface area contributed by atoms with Crippen molar-refractivity contribution in [3.63, 3.8) is 0 Å². The molecule has 0 spiro atoms. The summed E-state index contributed by atoms with van der Waals surface area (Å²) in [6.45, 7) is 2.98. The number of carboxylic acids is 1. The number of nitrogens with one attached hydrogen (secondary N) is 1. The van der Waals surface area contributed by atoms with Crippen molar-refractivity contribution in [1.29, 1.82) is 0 Å². The molecular formula is C15H18N2O2. The van der Waals surface area contributed by atoms with Crippen LogP contribution in [0, 0.1) is 0 Å². The van der Waals surface area contributed by atoms with Crippen molar-refractivity contribution in [1.82, 2.24) is 9.88 Å². The number of hydrogen-bond donors (Lipinski definition) is 2. The maximum Gasteiger partial charge on any atom is 0.321 e. The van der Waals surface area contributed by atoms with E-state index < -0.39 is 12.0 Å². The van der Waals surface area contributed by atoms with E-state index in [1.165, 1.54) is 0 Å². The number of benzene rings is 1. The first-order chi connectivity index (χ1) is 9.16. The van der Waals surface area contributed by atoms with Gasteiger partial charge < -0.3 is 10.1 Å². The first kappa shape index (κ1) is 12.2. The number of nitrogens with zero attached hydrogens (tertiary/aromatic N) is 1. The molecule has 1 aromatic heterocycles. The largest absolute Gasteiger partial charge is 0.480 e. The molecular weight excluding hydrogens is 240 g/mol. The topological polar surface area (TPSA) is 56.3 Å². The molecule has 1 aliphatic rings. The predicted molar refractivity (Wildman–Crippen MR) is 74.2 cm³/mol. The van der Waals surface area contributed by atoms with E-state index in [2.05, 4.69) is 16.8 Å². The minimum Gasteiger partial charge on any atom is -0.480 e. The molecule has 1 aliphatic heterocycles. The van der Waals surface area contributed by atoms with Gasteiger partial charge in [0.1, 0.15) is 6.04 Å². The van der Waals surface area contributed by atoms with Crippen LogP contribution in [0.4, 0.5) is 0 Å². The van der Waals surface area contributed by atoms with E-state index >= 15 is 0 Å². The molecule has 2 N–H and O–H groups in total. The number of aromatic amines is 1. The van der Waals surface area contributed by atoms with Gasteiger partial charge in [0.15, 0.2) is 0 Å². The molecule has 0 aliphatic carbocycles. The quantitative estimate of drug-likeness (QED) is 0.884. The highest BCUT2D eigenvalue weighted by Gasteiger charge is 2.35. The van der Waals surface area contributed by atoms with E-state index in [0.29, 0.717) is 12.5 Å². The summed E-state index contributed by atoms with van der Waals surface area (Å²) in [5.41, 5.74) is 2.15. The maximum atomic E-state index is 11.5. The summed E-state index contributed by atoms with van der Waals surface area (Å²) in [7, 11) is 0. The molecule has 0 amide bonds. The number of para-hydroxylation sites is 1. The summed E-state index contributed by atoms with van der Waals surface area (Å²) >= 11 is 0. The molecule has 4 heteroatoms. The maximum absolute atomic E-state index is 11.5. The van der Waals surface area contributed by atoms with E-state index in [1.54, 1.807) is 0 Å². The van der Waals surface area contributed by atoms with E-state index in [-0.39, 0.29) is 0 Å². The first-order valence-corrected chi connectivity index (χ1v) is 6.70. The lowest BCUT2D eigenvalue weighted by atomic mass is 9.96. The van der Waals surface area contributed by atoms with Gasteiger partial charge >= 0.3 is 5.97 Å². The summed E-state index contributed by atoms with van der Waals surface area (Å²) < 4.78 is 0. The lowest BCUT2D eigenvalue weighted by molar-refractivity contribution is -0.146. The fourth-order valence-corrected chi connectivity index (χ4v) is 2.85. The van der Waals surface area contributed by atoms with Gasteiger partial charge in [0.2, 0.25) is 0 Å². The summed E-state index contributed by atoms with van der Waals surface area (Å²) in [5.74, 6) is -0.725. The first-order valence-electron chi connectivity index (χ1n) is 6.70. The zero-order valence-corrected chi connectivity index (χ0v) is 11.0. The summed E-state index contributed by atoms with van der Waals surface area (Å²) in [5, 5.41) is 10.6. The van der Waals surface area contributed by atoms with Crippen LogP contribution in [-0.2, 0) is 11.2 Å². The van der Waals surface area contributed by atoms with Crippen molar-refractivity contribution in [2.75, 3.05) is 6.54 Å². The fraction of sp³-hybridized carbons (Fsp3) is 0.400. The van der Waals surface area contributed by atoms with Gasteiger partial charge in [-0.1, -0.05) is 18.2 Å². The van der Waals surface area contributed by atoms with Gasteiger partial charge in [0, 0.05) is 36.1 Å². The van der Waals surface area contributed by atoms with Crippen LogP contribution in [-0.4, -0.2) is 39.6 Å². The number of rotatable bonds is 4. The fourth-order valence-electron chi connectivity index (χ4n) is 2.85. The zero-order valence-electron chi connectivity index (χ0n) is 11.0. The second kappa shape index (κ2) is 4.70. The van der Waals surface area contributed by atoms with Crippen LogP contribution in [0.15, 0.2) is 30.5 Å². The van der Waals surface area contributed by atoms with E-state index in [9.17, 15) is 9.90 Å². The van der Waals surface area contributed by atoms with Crippen molar-refractivity contribution < 1.29 is 9.90 Å². The minimum atomic E-state index is -0.725. The third-order valence-corrected chi connectivity index (χ3v) is 4.14. The van der Waals surface area contributed by atoms with Gasteiger partial charge in [0.05, 0.1) is 0 Å². The Labute approximate surface area is 112 Å². The molecule has 4 nitrogen and oxygen atoms in total. The number of aromatic nitrogens is 1. The molecule has 0 bridgehead atoms. The summed E-state index contributed by atoms with van der Waals surface area (Å²) in [4.78, 5) is 16.8. The smallest absolute Gasteiger partial charge is 0.321 e. The van der Waals surface area contributed by atoms with E-state index in [1.807, 2.05) is 30.5 Å². The number of carboxylic acid groups (broad SMARTS) is 1. The number of likely N-dealkylation sites (tertiary alicyclic amines) is 1. The third-order valence-electron chi connectivity index (χ3n) is 4.14. The summed E-state index contributed by atoms with van der Waals surface area (Å²) in [6, 6.07) is 7.99. The van der Waals surface area contributed by atoms with Gasteiger partial charge in [-0.2, -0.15) is 0 Å². The molecule has 100 valence electrons. The van der Waals surface area contributed by atoms with Crippen LogP contribution in [0.2, 0.25) is 0 Å². The second-order valence-electron chi connectivity index (χ2n) is 5.29. The Hall–Kier alpha value is -1.81. The number of carbonyl (C=O) groups is 1. The molecule has 1 fully saturated rings. The van der Waals surface area contributed by atoms with Crippen molar-refractivity contribution in [3.05, 3.63) is 36.0 Å². The predicted octanol–water partition coefficient (Wildman–Crippen LogP) is 2.26. The standard InChI is InChI=1S/C15H18N2O2/c1-10-6-7-17(10)14(15(18)19)8-11-9-16-13-5-3-2-4-12(11)13/h2-5,9-10,14,16H,6-8H2,1H3,(H,18,19). The lowest BCUT2D eigenvalue weighted by Gasteiger charge is -2.42. The third kappa shape index (κ3) is 2.12. The Morgan fingerprint density at radius 3 is 2.95 bits per heavy atom. The second-order valence-corrected chi connectivity index (χ2v) is 5.29. The highest BCUT2D eigenvalue weighted by molar-refractivity contribution is 5.84. The Bertz CT molecular complexity index is 605. The highest BCUT2D eigenvalue weighted by atomic mass is 16.4. The van der Waals surface area contributed by atoms with Crippen LogP contribution in [0.3, 0.4) is 0 Å². The van der Waals surface area contributed by atoms with Crippen molar-refractivity contribution in [3.8, 4) is 0 Å². The van der Waals surface area contributed by atoms with Gasteiger partial charge in [-0.15, -0.1) is 0 Å². The lowest BCUT2D eigenvalue weighted by Crippen LogP contribution is -2.55. The van der Waals surface area contributed by atoms with E-state index in [0.717, 1.165) is 29.4 Å². The van der Waals surface area contributed by atoms with Crippen LogP contribution in [0.1, 0.15) is 18.9 Å². The molecule has 0 saturated carbocycles. The molecule has 0 radical (unpaired) electrons. The highest BCUT2D eigenvalue weighted by Crippen LogP contribution is 2.25. The SMILES string of the molecule is CC1CCN1C(Cc1c[nH]c2ccccc12)C(=O)O. The average molecular weight is 258 g/mol. The zero-order chi connectivity index (χ0) is 13.4.